The average molecular weight is 428 g/mol. The van der Waals surface area contributed by atoms with E-state index >= 15 is 0 Å². The van der Waals surface area contributed by atoms with Gasteiger partial charge in [0.2, 0.25) is 11.8 Å². The van der Waals surface area contributed by atoms with Gasteiger partial charge in [-0.05, 0) is 43.2 Å². The van der Waals surface area contributed by atoms with E-state index in [-0.39, 0.29) is 24.8 Å². The van der Waals surface area contributed by atoms with Crippen LogP contribution in [0.1, 0.15) is 16.8 Å². The van der Waals surface area contributed by atoms with E-state index < -0.39 is 0 Å². The molecule has 0 saturated carbocycles. The molecule has 0 radical (unpaired) electrons. The largest absolute Gasteiger partial charge is 0.462 e. The molecule has 3 aromatic rings. The molecule has 3 rings (SSSR count). The van der Waals surface area contributed by atoms with Crippen molar-refractivity contribution in [3.63, 3.8) is 0 Å². The van der Waals surface area contributed by atoms with Crippen molar-refractivity contribution in [2.75, 3.05) is 32.1 Å². The first-order valence-corrected chi connectivity index (χ1v) is 10.5. The van der Waals surface area contributed by atoms with Gasteiger partial charge in [-0.2, -0.15) is 0 Å². The monoisotopic (exact) mass is 427 g/mol. The number of amides is 2. The zero-order valence-electron chi connectivity index (χ0n) is 17.3. The van der Waals surface area contributed by atoms with Crippen LogP contribution in [0.25, 0.3) is 10.8 Å². The summed E-state index contributed by atoms with van der Waals surface area (Å²) >= 11 is 1.42. The molecule has 2 aromatic heterocycles. The fourth-order valence-corrected chi connectivity index (χ4v) is 3.70. The van der Waals surface area contributed by atoms with Crippen molar-refractivity contribution < 1.29 is 18.7 Å². The molecule has 0 aliphatic heterocycles. The molecule has 0 atom stereocenters. The van der Waals surface area contributed by atoms with Gasteiger partial charge in [-0.3, -0.25) is 9.59 Å². The number of thiazole rings is 1. The minimum Gasteiger partial charge on any atom is -0.462 e. The maximum Gasteiger partial charge on any atom is 0.244 e. The number of carbonyl (C=O) groups excluding carboxylic acids is 2. The zero-order chi connectivity index (χ0) is 21.5. The molecule has 2 heterocycles. The summed E-state index contributed by atoms with van der Waals surface area (Å²) in [5.74, 6) is 0.241. The molecule has 0 unspecified atom stereocenters. The lowest BCUT2D eigenvalue weighted by Crippen LogP contribution is -2.40. The van der Waals surface area contributed by atoms with Gasteiger partial charge in [0.25, 0.3) is 0 Å². The number of ether oxygens (including phenoxy) is 1. The van der Waals surface area contributed by atoms with Crippen LogP contribution >= 0.6 is 11.3 Å². The molecule has 0 aliphatic carbocycles. The van der Waals surface area contributed by atoms with Crippen molar-refractivity contribution in [2.45, 2.75) is 20.3 Å². The first kappa shape index (κ1) is 21.7. The molecule has 8 heteroatoms. The Bertz CT molecular complexity index is 998. The van der Waals surface area contributed by atoms with Gasteiger partial charge in [0.1, 0.15) is 0 Å². The lowest BCUT2D eigenvalue weighted by atomic mass is 10.1. The van der Waals surface area contributed by atoms with Crippen LogP contribution in [-0.4, -0.2) is 48.5 Å². The van der Waals surface area contributed by atoms with Gasteiger partial charge in [0.05, 0.1) is 31.5 Å². The Morgan fingerprint density at radius 1 is 1.23 bits per heavy atom. The highest BCUT2D eigenvalue weighted by Crippen LogP contribution is 2.24. The number of hydrogen-bond donors (Lipinski definition) is 1. The smallest absolute Gasteiger partial charge is 0.244 e. The number of nitrogens with one attached hydrogen (secondary N) is 1. The SMILES string of the molecule is COCCN(CC(=O)Nc1cccc(C)c1C)C(=O)Cc1csc(-c2ccco2)n1. The first-order valence-electron chi connectivity index (χ1n) is 9.59. The lowest BCUT2D eigenvalue weighted by molar-refractivity contribution is -0.134. The second kappa shape index (κ2) is 10.2. The van der Waals surface area contributed by atoms with Gasteiger partial charge >= 0.3 is 0 Å². The topological polar surface area (TPSA) is 84.7 Å². The van der Waals surface area contributed by atoms with E-state index in [4.69, 9.17) is 9.15 Å². The van der Waals surface area contributed by atoms with Crippen LogP contribution in [0.3, 0.4) is 0 Å². The van der Waals surface area contributed by atoms with Gasteiger partial charge in [0, 0.05) is 24.7 Å². The Labute approximate surface area is 179 Å². The van der Waals surface area contributed by atoms with Crippen LogP contribution in [0.4, 0.5) is 5.69 Å². The van der Waals surface area contributed by atoms with Crippen molar-refractivity contribution in [3.05, 3.63) is 58.8 Å². The predicted octanol–water partition coefficient (Wildman–Crippen LogP) is 3.68. The van der Waals surface area contributed by atoms with Crippen molar-refractivity contribution in [1.82, 2.24) is 9.88 Å². The minimum absolute atomic E-state index is 0.0508. The number of carbonyl (C=O) groups is 2. The summed E-state index contributed by atoms with van der Waals surface area (Å²) < 4.78 is 10.5. The van der Waals surface area contributed by atoms with Crippen molar-refractivity contribution >= 4 is 28.8 Å². The Morgan fingerprint density at radius 2 is 2.07 bits per heavy atom. The number of benzene rings is 1. The van der Waals surface area contributed by atoms with E-state index in [2.05, 4.69) is 10.3 Å². The molecule has 0 fully saturated rings. The van der Waals surface area contributed by atoms with Crippen LogP contribution in [0.15, 0.2) is 46.4 Å². The third-order valence-electron chi connectivity index (χ3n) is 4.75. The Hall–Kier alpha value is -2.97. The summed E-state index contributed by atoms with van der Waals surface area (Å²) in [5, 5.41) is 5.45. The van der Waals surface area contributed by atoms with Crippen LogP contribution < -0.4 is 5.32 Å². The highest BCUT2D eigenvalue weighted by Gasteiger charge is 2.20. The molecule has 0 saturated heterocycles. The van der Waals surface area contributed by atoms with Crippen LogP contribution in [-0.2, 0) is 20.7 Å². The van der Waals surface area contributed by atoms with Gasteiger partial charge < -0.3 is 19.4 Å². The fourth-order valence-electron chi connectivity index (χ4n) is 2.91. The zero-order valence-corrected chi connectivity index (χ0v) is 18.1. The van der Waals surface area contributed by atoms with E-state index in [1.165, 1.54) is 16.2 Å². The third kappa shape index (κ3) is 5.55. The summed E-state index contributed by atoms with van der Waals surface area (Å²) in [6, 6.07) is 9.36. The number of anilines is 1. The maximum atomic E-state index is 12.9. The number of rotatable bonds is 9. The Balaban J connectivity index is 1.64. The molecular formula is C22H25N3O4S. The van der Waals surface area contributed by atoms with Crippen molar-refractivity contribution in [2.24, 2.45) is 0 Å². The number of nitrogens with zero attached hydrogens (tertiary/aromatic N) is 2. The molecule has 0 spiro atoms. The minimum atomic E-state index is -0.247. The molecule has 1 aromatic carbocycles. The Kier molecular flexibility index (Phi) is 7.37. The van der Waals surface area contributed by atoms with Gasteiger partial charge in [0.15, 0.2) is 10.8 Å². The van der Waals surface area contributed by atoms with Crippen LogP contribution in [0.2, 0.25) is 0 Å². The number of aromatic nitrogens is 1. The second-order valence-corrected chi connectivity index (χ2v) is 7.76. The fraction of sp³-hybridized carbons (Fsp3) is 0.318. The standard InChI is InChI=1S/C22H25N3O4S/c1-15-6-4-7-18(16(15)2)24-20(26)13-25(9-11-28-3)21(27)12-17-14-30-22(23-17)19-8-5-10-29-19/h4-8,10,14H,9,11-13H2,1-3H3,(H,24,26). The summed E-state index contributed by atoms with van der Waals surface area (Å²) in [5.41, 5.74) is 3.50. The normalized spacial score (nSPS) is 10.8. The number of hydrogen-bond acceptors (Lipinski definition) is 6. The summed E-state index contributed by atoms with van der Waals surface area (Å²) in [4.78, 5) is 31.4. The van der Waals surface area contributed by atoms with E-state index in [1.807, 2.05) is 43.5 Å². The second-order valence-electron chi connectivity index (χ2n) is 6.90. The van der Waals surface area contributed by atoms with Crippen LogP contribution in [0, 0.1) is 13.8 Å². The lowest BCUT2D eigenvalue weighted by Gasteiger charge is -2.22. The highest BCUT2D eigenvalue weighted by atomic mass is 32.1. The summed E-state index contributed by atoms with van der Waals surface area (Å²) in [6.07, 6.45) is 1.69. The molecule has 7 nitrogen and oxygen atoms in total. The van der Waals surface area contributed by atoms with Crippen molar-refractivity contribution in [1.29, 1.82) is 0 Å². The van der Waals surface area contributed by atoms with Gasteiger partial charge in [-0.15, -0.1) is 11.3 Å². The number of methoxy groups -OCH3 is 1. The molecule has 0 aliphatic rings. The molecule has 30 heavy (non-hydrogen) atoms. The third-order valence-corrected chi connectivity index (χ3v) is 5.65. The van der Waals surface area contributed by atoms with Gasteiger partial charge in [-0.1, -0.05) is 12.1 Å². The van der Waals surface area contributed by atoms with E-state index in [1.54, 1.807) is 19.4 Å². The van der Waals surface area contributed by atoms with E-state index in [9.17, 15) is 9.59 Å². The maximum absolute atomic E-state index is 12.9. The van der Waals surface area contributed by atoms with E-state index in [0.717, 1.165) is 21.8 Å². The van der Waals surface area contributed by atoms with Crippen LogP contribution in [0.5, 0.6) is 0 Å². The Morgan fingerprint density at radius 3 is 2.80 bits per heavy atom. The molecule has 1 N–H and O–H groups in total. The summed E-state index contributed by atoms with van der Waals surface area (Å²) in [7, 11) is 1.56. The number of furan rings is 1. The predicted molar refractivity (Wildman–Crippen MR) is 117 cm³/mol. The highest BCUT2D eigenvalue weighted by molar-refractivity contribution is 7.13. The van der Waals surface area contributed by atoms with Gasteiger partial charge in [-0.25, -0.2) is 4.98 Å². The number of aryl methyl sites for hydroxylation is 1. The first-order chi connectivity index (χ1) is 14.5. The quantitative estimate of drug-likeness (QED) is 0.563. The molecule has 158 valence electrons. The molecular weight excluding hydrogens is 402 g/mol. The average Bonchev–Trinajstić information content (AvgIpc) is 3.40. The van der Waals surface area contributed by atoms with E-state index in [0.29, 0.717) is 24.6 Å². The summed E-state index contributed by atoms with van der Waals surface area (Å²) in [6.45, 7) is 4.56. The van der Waals surface area contributed by atoms with Crippen molar-refractivity contribution in [3.8, 4) is 10.8 Å². The molecule has 2 amide bonds. The molecule has 0 bridgehead atoms.